The van der Waals surface area contributed by atoms with Crippen LogP contribution in [0.3, 0.4) is 0 Å². The summed E-state index contributed by atoms with van der Waals surface area (Å²) in [5.74, 6) is -0.460. The van der Waals surface area contributed by atoms with E-state index in [1.807, 2.05) is 0 Å². The molecule has 0 spiro atoms. The van der Waals surface area contributed by atoms with Gasteiger partial charge in [-0.15, -0.1) is 0 Å². The molecule has 2 nitrogen and oxygen atoms in total. The van der Waals surface area contributed by atoms with Gasteiger partial charge >= 0.3 is 6.18 Å². The Morgan fingerprint density at radius 1 is 1.18 bits per heavy atom. The van der Waals surface area contributed by atoms with E-state index in [4.69, 9.17) is 4.74 Å². The third kappa shape index (κ3) is 3.63. The number of hydrogen-bond acceptors (Lipinski definition) is 2. The first-order chi connectivity index (χ1) is 10.3. The molecule has 0 aromatic heterocycles. The van der Waals surface area contributed by atoms with Crippen LogP contribution in [0, 0.1) is 12.7 Å². The highest BCUT2D eigenvalue weighted by Crippen LogP contribution is 2.32. The molecule has 0 atom stereocenters. The lowest BCUT2D eigenvalue weighted by Crippen LogP contribution is -2.09. The molecular formula is C16H12F4O2. The number of carbonyl (C=O) groups excluding carboxylic acids is 1. The number of aldehydes is 1. The minimum absolute atomic E-state index is 0.102. The minimum atomic E-state index is -4.55. The zero-order valence-electron chi connectivity index (χ0n) is 11.6. The fourth-order valence-electron chi connectivity index (χ4n) is 1.95. The molecule has 22 heavy (non-hydrogen) atoms. The van der Waals surface area contributed by atoms with E-state index in [9.17, 15) is 22.4 Å². The van der Waals surface area contributed by atoms with Crippen molar-refractivity contribution in [3.8, 4) is 5.75 Å². The lowest BCUT2D eigenvalue weighted by atomic mass is 10.1. The van der Waals surface area contributed by atoms with Crippen molar-refractivity contribution in [3.05, 3.63) is 64.5 Å². The van der Waals surface area contributed by atoms with Crippen LogP contribution in [0.4, 0.5) is 17.6 Å². The van der Waals surface area contributed by atoms with Crippen molar-refractivity contribution < 1.29 is 27.1 Å². The highest BCUT2D eigenvalue weighted by atomic mass is 19.4. The van der Waals surface area contributed by atoms with Gasteiger partial charge in [-0.2, -0.15) is 13.2 Å². The molecule has 0 aliphatic carbocycles. The highest BCUT2D eigenvalue weighted by Gasteiger charge is 2.31. The molecule has 2 rings (SSSR count). The Labute approximate surface area is 124 Å². The second-order valence-corrected chi connectivity index (χ2v) is 4.74. The molecule has 116 valence electrons. The van der Waals surface area contributed by atoms with Crippen LogP contribution in [0.25, 0.3) is 0 Å². The van der Waals surface area contributed by atoms with Crippen LogP contribution in [0.1, 0.15) is 27.0 Å². The van der Waals surface area contributed by atoms with Crippen LogP contribution in [0.5, 0.6) is 5.75 Å². The monoisotopic (exact) mass is 312 g/mol. The standard InChI is InChI=1S/C16H12F4O2/c1-10-5-13(16(18,19)20)7-12(15(10)17)9-22-14-4-2-3-11(6-14)8-21/h2-8H,9H2,1H3. The normalized spacial score (nSPS) is 11.3. The lowest BCUT2D eigenvalue weighted by Gasteiger charge is -2.13. The minimum Gasteiger partial charge on any atom is -0.489 e. The molecule has 2 aromatic rings. The summed E-state index contributed by atoms with van der Waals surface area (Å²) in [7, 11) is 0. The SMILES string of the molecule is Cc1cc(C(F)(F)F)cc(COc2cccc(C=O)c2)c1F. The van der Waals surface area contributed by atoms with E-state index >= 15 is 0 Å². The molecule has 0 radical (unpaired) electrons. The maximum atomic E-state index is 13.9. The number of hydrogen-bond donors (Lipinski definition) is 0. The summed E-state index contributed by atoms with van der Waals surface area (Å²) >= 11 is 0. The summed E-state index contributed by atoms with van der Waals surface area (Å²) in [5, 5.41) is 0. The first-order valence-electron chi connectivity index (χ1n) is 6.35. The van der Waals surface area contributed by atoms with Crippen LogP contribution in [0.15, 0.2) is 36.4 Å². The number of benzene rings is 2. The van der Waals surface area contributed by atoms with Gasteiger partial charge in [0.1, 0.15) is 24.5 Å². The average Bonchev–Trinajstić information content (AvgIpc) is 2.47. The van der Waals surface area contributed by atoms with Crippen molar-refractivity contribution in [3.63, 3.8) is 0 Å². The fraction of sp³-hybridized carbons (Fsp3) is 0.188. The van der Waals surface area contributed by atoms with E-state index in [-0.39, 0.29) is 23.5 Å². The maximum absolute atomic E-state index is 13.9. The predicted molar refractivity (Wildman–Crippen MR) is 72.3 cm³/mol. The van der Waals surface area contributed by atoms with Crippen molar-refractivity contribution >= 4 is 6.29 Å². The molecule has 2 aromatic carbocycles. The Hall–Kier alpha value is -2.37. The van der Waals surface area contributed by atoms with Gasteiger partial charge in [-0.05, 0) is 36.8 Å². The zero-order chi connectivity index (χ0) is 16.3. The van der Waals surface area contributed by atoms with E-state index in [0.29, 0.717) is 11.8 Å². The van der Waals surface area contributed by atoms with E-state index in [2.05, 4.69) is 0 Å². The lowest BCUT2D eigenvalue weighted by molar-refractivity contribution is -0.137. The summed E-state index contributed by atoms with van der Waals surface area (Å²) in [6, 6.07) is 7.55. The van der Waals surface area contributed by atoms with Gasteiger partial charge in [-0.25, -0.2) is 4.39 Å². The molecule has 6 heteroatoms. The molecular weight excluding hydrogens is 300 g/mol. The summed E-state index contributed by atoms with van der Waals surface area (Å²) in [6.07, 6.45) is -3.94. The molecule has 0 amide bonds. The first kappa shape index (κ1) is 16.0. The van der Waals surface area contributed by atoms with E-state index in [1.165, 1.54) is 19.1 Å². The molecule has 0 fully saturated rings. The largest absolute Gasteiger partial charge is 0.489 e. The first-order valence-corrected chi connectivity index (χ1v) is 6.35. The van der Waals surface area contributed by atoms with Gasteiger partial charge in [0, 0.05) is 11.1 Å². The Morgan fingerprint density at radius 3 is 2.55 bits per heavy atom. The molecule has 0 heterocycles. The number of carbonyl (C=O) groups is 1. The number of aryl methyl sites for hydroxylation is 1. The van der Waals surface area contributed by atoms with Gasteiger partial charge < -0.3 is 4.74 Å². The fourth-order valence-corrected chi connectivity index (χ4v) is 1.95. The Balaban J connectivity index is 2.25. The van der Waals surface area contributed by atoms with E-state index in [0.717, 1.165) is 12.1 Å². The third-order valence-electron chi connectivity index (χ3n) is 3.05. The number of rotatable bonds is 4. The summed E-state index contributed by atoms with van der Waals surface area (Å²) in [5.41, 5.74) is -0.858. The Bertz CT molecular complexity index is 693. The van der Waals surface area contributed by atoms with Gasteiger partial charge in [-0.3, -0.25) is 4.79 Å². The Kier molecular flexibility index (Phi) is 4.49. The van der Waals surface area contributed by atoms with Crippen molar-refractivity contribution in [1.82, 2.24) is 0 Å². The molecule has 0 aliphatic rings. The predicted octanol–water partition coefficient (Wildman–Crippen LogP) is 4.54. The third-order valence-corrected chi connectivity index (χ3v) is 3.05. The smallest absolute Gasteiger partial charge is 0.416 e. The van der Waals surface area contributed by atoms with Crippen LogP contribution in [-0.4, -0.2) is 6.29 Å². The van der Waals surface area contributed by atoms with Crippen molar-refractivity contribution in [2.45, 2.75) is 19.7 Å². The van der Waals surface area contributed by atoms with E-state index in [1.54, 1.807) is 12.1 Å². The van der Waals surface area contributed by atoms with E-state index < -0.39 is 17.6 Å². The van der Waals surface area contributed by atoms with Gasteiger partial charge in [0.25, 0.3) is 0 Å². The average molecular weight is 312 g/mol. The van der Waals surface area contributed by atoms with Crippen molar-refractivity contribution in [2.75, 3.05) is 0 Å². The molecule has 0 saturated heterocycles. The quantitative estimate of drug-likeness (QED) is 0.612. The maximum Gasteiger partial charge on any atom is 0.416 e. The van der Waals surface area contributed by atoms with Crippen molar-refractivity contribution in [2.24, 2.45) is 0 Å². The molecule has 0 unspecified atom stereocenters. The van der Waals surface area contributed by atoms with Crippen LogP contribution < -0.4 is 4.74 Å². The molecule has 0 saturated carbocycles. The second-order valence-electron chi connectivity index (χ2n) is 4.74. The van der Waals surface area contributed by atoms with Crippen molar-refractivity contribution in [1.29, 1.82) is 0 Å². The number of ether oxygens (including phenoxy) is 1. The number of halogens is 4. The van der Waals surface area contributed by atoms with Gasteiger partial charge in [0.2, 0.25) is 0 Å². The van der Waals surface area contributed by atoms with Crippen LogP contribution >= 0.6 is 0 Å². The second kappa shape index (κ2) is 6.17. The topological polar surface area (TPSA) is 26.3 Å². The van der Waals surface area contributed by atoms with Crippen LogP contribution in [0.2, 0.25) is 0 Å². The van der Waals surface area contributed by atoms with Gasteiger partial charge in [-0.1, -0.05) is 12.1 Å². The summed E-state index contributed by atoms with van der Waals surface area (Å²) < 4.78 is 57.4. The summed E-state index contributed by atoms with van der Waals surface area (Å²) in [6.45, 7) is 0.903. The zero-order valence-corrected chi connectivity index (χ0v) is 11.6. The van der Waals surface area contributed by atoms with Gasteiger partial charge in [0.05, 0.1) is 5.56 Å². The highest BCUT2D eigenvalue weighted by molar-refractivity contribution is 5.75. The van der Waals surface area contributed by atoms with Crippen LogP contribution in [-0.2, 0) is 12.8 Å². The molecule has 0 bridgehead atoms. The molecule has 0 N–H and O–H groups in total. The number of alkyl halides is 3. The Morgan fingerprint density at radius 2 is 1.91 bits per heavy atom. The van der Waals surface area contributed by atoms with Gasteiger partial charge in [0.15, 0.2) is 0 Å². The summed E-state index contributed by atoms with van der Waals surface area (Å²) in [4.78, 5) is 10.6. The molecule has 0 aliphatic heterocycles.